The molecule has 4 rings (SSSR count). The quantitative estimate of drug-likeness (QED) is 0.501. The number of oxime groups is 2. The molecular weight excluding hydrogens is 400 g/mol. The lowest BCUT2D eigenvalue weighted by Gasteiger charge is -2.32. The summed E-state index contributed by atoms with van der Waals surface area (Å²) in [5.41, 5.74) is 4.56. The van der Waals surface area contributed by atoms with E-state index in [1.54, 1.807) is 0 Å². The number of nitrogens with zero attached hydrogens (tertiary/aromatic N) is 4. The van der Waals surface area contributed by atoms with Gasteiger partial charge in [-0.25, -0.2) is 0 Å². The number of hydrogen-bond acceptors (Lipinski definition) is 6. The Bertz CT molecular complexity index is 776. The molecule has 2 atom stereocenters. The molecule has 0 amide bonds. The number of benzene rings is 2. The molecule has 6 nitrogen and oxygen atoms in total. The first-order valence-electron chi connectivity index (χ1n) is 11.6. The molecule has 0 aliphatic carbocycles. The van der Waals surface area contributed by atoms with E-state index >= 15 is 0 Å². The molecular formula is C26H36N4O2. The van der Waals surface area contributed by atoms with Gasteiger partial charge in [0.15, 0.2) is 0 Å². The lowest BCUT2D eigenvalue weighted by Crippen LogP contribution is -2.35. The molecule has 6 heteroatoms. The Kier molecular flexibility index (Phi) is 9.26. The van der Waals surface area contributed by atoms with Crippen LogP contribution in [0.15, 0.2) is 71.0 Å². The Hall–Kier alpha value is -2.70. The predicted octanol–water partition coefficient (Wildman–Crippen LogP) is 5.35. The minimum absolute atomic E-state index is 0.446. The minimum Gasteiger partial charge on any atom is -0.411 e. The standard InChI is InChI=1S/2C13H18N2O/c2*1-11(12-5-3-2-4-6-12)15-9-7-13(14-16)8-10-15/h2*2-6,11,16H,7-10H2,1H3. The molecule has 2 saturated heterocycles. The summed E-state index contributed by atoms with van der Waals surface area (Å²) in [5, 5.41) is 24.0. The third-order valence-electron chi connectivity index (χ3n) is 6.69. The first-order chi connectivity index (χ1) is 15.6. The minimum atomic E-state index is 0.446. The van der Waals surface area contributed by atoms with Gasteiger partial charge in [-0.2, -0.15) is 0 Å². The maximum absolute atomic E-state index is 8.70. The Morgan fingerprint density at radius 2 is 0.906 bits per heavy atom. The molecule has 172 valence electrons. The second-order valence-corrected chi connectivity index (χ2v) is 8.58. The molecule has 2 aliphatic rings. The first-order valence-corrected chi connectivity index (χ1v) is 11.6. The molecule has 2 aliphatic heterocycles. The van der Waals surface area contributed by atoms with E-state index in [2.05, 4.69) is 82.5 Å². The SMILES string of the molecule is CC(c1ccccc1)N1CCC(=NO)CC1.CC(c1ccccc1)N1CCC(=NO)CC1. The molecule has 2 aromatic rings. The van der Waals surface area contributed by atoms with Crippen LogP contribution >= 0.6 is 0 Å². The second-order valence-electron chi connectivity index (χ2n) is 8.58. The van der Waals surface area contributed by atoms with Gasteiger partial charge < -0.3 is 10.4 Å². The normalized spacial score (nSPS) is 19.4. The summed E-state index contributed by atoms with van der Waals surface area (Å²) in [5.74, 6) is 0. The van der Waals surface area contributed by atoms with Crippen LogP contribution in [0.5, 0.6) is 0 Å². The van der Waals surface area contributed by atoms with Crippen molar-refractivity contribution in [2.75, 3.05) is 26.2 Å². The fourth-order valence-corrected chi connectivity index (χ4v) is 4.42. The van der Waals surface area contributed by atoms with Crippen molar-refractivity contribution in [2.45, 2.75) is 51.6 Å². The van der Waals surface area contributed by atoms with Crippen LogP contribution in [0.4, 0.5) is 0 Å². The molecule has 0 saturated carbocycles. The van der Waals surface area contributed by atoms with Crippen molar-refractivity contribution in [1.29, 1.82) is 0 Å². The number of hydrogen-bond donors (Lipinski definition) is 2. The third kappa shape index (κ3) is 6.65. The molecule has 2 aromatic carbocycles. The zero-order valence-electron chi connectivity index (χ0n) is 19.3. The van der Waals surface area contributed by atoms with Crippen LogP contribution in [-0.2, 0) is 0 Å². The molecule has 2 N–H and O–H groups in total. The summed E-state index contributed by atoms with van der Waals surface area (Å²) in [6.07, 6.45) is 3.53. The van der Waals surface area contributed by atoms with Gasteiger partial charge in [0.1, 0.15) is 0 Å². The summed E-state index contributed by atoms with van der Waals surface area (Å²) in [6.45, 7) is 8.39. The average Bonchev–Trinajstić information content (AvgIpc) is 2.89. The van der Waals surface area contributed by atoms with E-state index in [1.165, 1.54) is 11.1 Å². The maximum Gasteiger partial charge on any atom is 0.0596 e. The maximum atomic E-state index is 8.70. The molecule has 2 fully saturated rings. The van der Waals surface area contributed by atoms with E-state index in [1.807, 2.05) is 12.1 Å². The van der Waals surface area contributed by atoms with E-state index in [4.69, 9.17) is 10.4 Å². The van der Waals surface area contributed by atoms with Crippen molar-refractivity contribution in [2.24, 2.45) is 10.3 Å². The van der Waals surface area contributed by atoms with E-state index in [-0.39, 0.29) is 0 Å². The highest BCUT2D eigenvalue weighted by atomic mass is 16.4. The van der Waals surface area contributed by atoms with E-state index in [9.17, 15) is 0 Å². The van der Waals surface area contributed by atoms with Gasteiger partial charge in [-0.1, -0.05) is 71.0 Å². The largest absolute Gasteiger partial charge is 0.411 e. The van der Waals surface area contributed by atoms with Crippen LogP contribution in [0, 0.1) is 0 Å². The zero-order valence-corrected chi connectivity index (χ0v) is 19.3. The lowest BCUT2D eigenvalue weighted by atomic mass is 10.0. The molecule has 0 spiro atoms. The molecule has 0 radical (unpaired) electrons. The number of piperidine rings is 2. The summed E-state index contributed by atoms with van der Waals surface area (Å²) in [4.78, 5) is 4.87. The van der Waals surface area contributed by atoms with Gasteiger partial charge in [0.05, 0.1) is 11.4 Å². The highest BCUT2D eigenvalue weighted by Crippen LogP contribution is 2.24. The van der Waals surface area contributed by atoms with Crippen molar-refractivity contribution < 1.29 is 10.4 Å². The molecule has 2 unspecified atom stereocenters. The summed E-state index contributed by atoms with van der Waals surface area (Å²) in [7, 11) is 0. The van der Waals surface area contributed by atoms with Gasteiger partial charge in [0.25, 0.3) is 0 Å². The summed E-state index contributed by atoms with van der Waals surface area (Å²) in [6, 6.07) is 22.0. The predicted molar refractivity (Wildman–Crippen MR) is 130 cm³/mol. The molecule has 0 aromatic heterocycles. The second kappa shape index (κ2) is 12.4. The number of likely N-dealkylation sites (tertiary alicyclic amines) is 2. The van der Waals surface area contributed by atoms with Gasteiger partial charge in [0, 0.05) is 63.9 Å². The number of rotatable bonds is 4. The van der Waals surface area contributed by atoms with E-state index < -0.39 is 0 Å². The van der Waals surface area contributed by atoms with Gasteiger partial charge in [-0.05, 0) is 25.0 Å². The Balaban J connectivity index is 0.000000181. The average molecular weight is 437 g/mol. The smallest absolute Gasteiger partial charge is 0.0596 e. The highest BCUT2D eigenvalue weighted by Gasteiger charge is 2.21. The van der Waals surface area contributed by atoms with Crippen molar-refractivity contribution in [3.63, 3.8) is 0 Å². The molecule has 32 heavy (non-hydrogen) atoms. The summed E-state index contributed by atoms with van der Waals surface area (Å²) < 4.78 is 0. The Morgan fingerprint density at radius 3 is 1.19 bits per heavy atom. The van der Waals surface area contributed by atoms with Crippen LogP contribution in [-0.4, -0.2) is 57.8 Å². The van der Waals surface area contributed by atoms with Gasteiger partial charge in [-0.3, -0.25) is 9.80 Å². The van der Waals surface area contributed by atoms with Crippen molar-refractivity contribution >= 4 is 11.4 Å². The summed E-state index contributed by atoms with van der Waals surface area (Å²) >= 11 is 0. The highest BCUT2D eigenvalue weighted by molar-refractivity contribution is 5.85. The van der Waals surface area contributed by atoms with E-state index in [0.717, 1.165) is 63.3 Å². The van der Waals surface area contributed by atoms with Crippen LogP contribution in [0.2, 0.25) is 0 Å². The first kappa shape index (κ1) is 24.0. The Morgan fingerprint density at radius 1 is 0.594 bits per heavy atom. The Labute approximate surface area is 191 Å². The third-order valence-corrected chi connectivity index (χ3v) is 6.69. The lowest BCUT2D eigenvalue weighted by molar-refractivity contribution is 0.206. The van der Waals surface area contributed by atoms with Gasteiger partial charge >= 0.3 is 0 Å². The zero-order chi connectivity index (χ0) is 22.8. The van der Waals surface area contributed by atoms with Crippen molar-refractivity contribution in [1.82, 2.24) is 9.80 Å². The fraction of sp³-hybridized carbons (Fsp3) is 0.462. The van der Waals surface area contributed by atoms with Crippen LogP contribution < -0.4 is 0 Å². The van der Waals surface area contributed by atoms with Crippen molar-refractivity contribution in [3.05, 3.63) is 71.8 Å². The van der Waals surface area contributed by atoms with Crippen LogP contribution in [0.3, 0.4) is 0 Å². The van der Waals surface area contributed by atoms with Crippen molar-refractivity contribution in [3.8, 4) is 0 Å². The van der Waals surface area contributed by atoms with Crippen LogP contribution in [0.25, 0.3) is 0 Å². The van der Waals surface area contributed by atoms with Gasteiger partial charge in [0.2, 0.25) is 0 Å². The van der Waals surface area contributed by atoms with E-state index in [0.29, 0.717) is 12.1 Å². The van der Waals surface area contributed by atoms with Crippen LogP contribution in [0.1, 0.15) is 62.7 Å². The van der Waals surface area contributed by atoms with Gasteiger partial charge in [-0.15, -0.1) is 0 Å². The molecule has 0 bridgehead atoms. The fourth-order valence-electron chi connectivity index (χ4n) is 4.42. The monoisotopic (exact) mass is 436 g/mol. The topological polar surface area (TPSA) is 71.7 Å². The molecule has 2 heterocycles.